The summed E-state index contributed by atoms with van der Waals surface area (Å²) in [4.78, 5) is 16.8. The molecule has 116 valence electrons. The van der Waals surface area contributed by atoms with Crippen molar-refractivity contribution in [2.24, 2.45) is 0 Å². The zero-order valence-electron chi connectivity index (χ0n) is 13.1. The van der Waals surface area contributed by atoms with Crippen molar-refractivity contribution in [3.63, 3.8) is 0 Å². The average Bonchev–Trinajstić information content (AvgIpc) is 2.53. The number of aryl methyl sites for hydroxylation is 2. The van der Waals surface area contributed by atoms with E-state index in [1.807, 2.05) is 38.1 Å². The van der Waals surface area contributed by atoms with Crippen molar-refractivity contribution >= 4 is 16.8 Å². The van der Waals surface area contributed by atoms with E-state index in [0.717, 1.165) is 11.3 Å². The highest BCUT2D eigenvalue weighted by atomic mass is 19.1. The lowest BCUT2D eigenvalue weighted by Crippen LogP contribution is -2.23. The monoisotopic (exact) mass is 308 g/mol. The van der Waals surface area contributed by atoms with Crippen LogP contribution in [0.4, 0.5) is 4.39 Å². The van der Waals surface area contributed by atoms with Crippen LogP contribution in [0.25, 0.3) is 10.9 Å². The number of aromatic nitrogens is 1. The first kappa shape index (κ1) is 15.2. The first-order valence-electron chi connectivity index (χ1n) is 7.43. The number of hydrogen-bond acceptors (Lipinski definition) is 2. The molecule has 0 saturated heterocycles. The number of carbonyl (C=O) groups excluding carboxylic acids is 1. The zero-order chi connectivity index (χ0) is 16.4. The molecule has 1 amide bonds. The predicted octanol–water partition coefficient (Wildman–Crippen LogP) is 3.92. The number of nitrogens with one attached hydrogen (secondary N) is 1. The first-order valence-corrected chi connectivity index (χ1v) is 7.43. The maximum atomic E-state index is 13.5. The van der Waals surface area contributed by atoms with Gasteiger partial charge in [0.1, 0.15) is 5.82 Å². The van der Waals surface area contributed by atoms with Crippen LogP contribution in [0.5, 0.6) is 0 Å². The summed E-state index contributed by atoms with van der Waals surface area (Å²) in [5.74, 6) is -0.609. The van der Waals surface area contributed by atoms with Crippen LogP contribution in [-0.2, 0) is 6.54 Å². The SMILES string of the molecule is Cc1ccc(CNC(=O)c2cc(C)nc3ccc(F)cc23)cc1. The molecule has 3 nitrogen and oxygen atoms in total. The van der Waals surface area contributed by atoms with Gasteiger partial charge in [0.25, 0.3) is 5.91 Å². The summed E-state index contributed by atoms with van der Waals surface area (Å²) in [5, 5.41) is 3.41. The molecule has 0 saturated carbocycles. The third-order valence-electron chi connectivity index (χ3n) is 3.72. The predicted molar refractivity (Wildman–Crippen MR) is 88.8 cm³/mol. The number of carbonyl (C=O) groups is 1. The van der Waals surface area contributed by atoms with Crippen LogP contribution < -0.4 is 5.32 Å². The van der Waals surface area contributed by atoms with Gasteiger partial charge in [0.15, 0.2) is 0 Å². The van der Waals surface area contributed by atoms with Crippen LogP contribution in [0, 0.1) is 19.7 Å². The maximum absolute atomic E-state index is 13.5. The van der Waals surface area contributed by atoms with E-state index in [1.165, 1.54) is 17.7 Å². The molecule has 0 bridgehead atoms. The number of amides is 1. The third-order valence-corrected chi connectivity index (χ3v) is 3.72. The van der Waals surface area contributed by atoms with Crippen LogP contribution in [0.2, 0.25) is 0 Å². The van der Waals surface area contributed by atoms with Crippen molar-refractivity contribution < 1.29 is 9.18 Å². The molecule has 0 aliphatic rings. The number of halogens is 1. The van der Waals surface area contributed by atoms with E-state index in [0.29, 0.717) is 23.0 Å². The topological polar surface area (TPSA) is 42.0 Å². The zero-order valence-corrected chi connectivity index (χ0v) is 13.1. The molecular weight excluding hydrogens is 291 g/mol. The molecule has 4 heteroatoms. The summed E-state index contributed by atoms with van der Waals surface area (Å²) in [6.07, 6.45) is 0. The molecule has 3 rings (SSSR count). The van der Waals surface area contributed by atoms with Gasteiger partial charge in [0.05, 0.1) is 11.1 Å². The van der Waals surface area contributed by atoms with Crippen molar-refractivity contribution in [3.05, 3.63) is 76.7 Å². The molecule has 0 atom stereocenters. The molecule has 2 aromatic carbocycles. The number of hydrogen-bond donors (Lipinski definition) is 1. The highest BCUT2D eigenvalue weighted by molar-refractivity contribution is 6.06. The third kappa shape index (κ3) is 3.37. The van der Waals surface area contributed by atoms with Crippen LogP contribution in [0.1, 0.15) is 27.2 Å². The number of nitrogens with zero attached hydrogens (tertiary/aromatic N) is 1. The minimum atomic E-state index is -0.379. The Balaban J connectivity index is 1.88. The average molecular weight is 308 g/mol. The second-order valence-corrected chi connectivity index (χ2v) is 5.64. The van der Waals surface area contributed by atoms with Gasteiger partial charge in [-0.1, -0.05) is 29.8 Å². The molecule has 1 heterocycles. The summed E-state index contributed by atoms with van der Waals surface area (Å²) in [6, 6.07) is 13.9. The van der Waals surface area contributed by atoms with Crippen LogP contribution in [0.3, 0.4) is 0 Å². The standard InChI is InChI=1S/C19H17FN2O/c1-12-3-5-14(6-4-12)11-21-19(23)17-9-13(2)22-18-8-7-15(20)10-16(17)18/h3-10H,11H2,1-2H3,(H,21,23). The molecule has 0 aliphatic carbocycles. The number of benzene rings is 2. The van der Waals surface area contributed by atoms with Gasteiger partial charge in [-0.15, -0.1) is 0 Å². The minimum Gasteiger partial charge on any atom is -0.348 e. The summed E-state index contributed by atoms with van der Waals surface area (Å²) in [5.41, 5.74) is 3.98. The molecule has 1 aromatic heterocycles. The Bertz CT molecular complexity index is 872. The highest BCUT2D eigenvalue weighted by Gasteiger charge is 2.12. The lowest BCUT2D eigenvalue weighted by molar-refractivity contribution is 0.0952. The lowest BCUT2D eigenvalue weighted by atomic mass is 10.1. The molecule has 0 unspecified atom stereocenters. The quantitative estimate of drug-likeness (QED) is 0.797. The summed E-state index contributed by atoms with van der Waals surface area (Å²) in [7, 11) is 0. The Hall–Kier alpha value is -2.75. The summed E-state index contributed by atoms with van der Waals surface area (Å²) >= 11 is 0. The van der Waals surface area contributed by atoms with Crippen LogP contribution in [-0.4, -0.2) is 10.9 Å². The van der Waals surface area contributed by atoms with Crippen LogP contribution in [0.15, 0.2) is 48.5 Å². The summed E-state index contributed by atoms with van der Waals surface area (Å²) in [6.45, 7) is 4.26. The van der Waals surface area contributed by atoms with Crippen molar-refractivity contribution in [1.82, 2.24) is 10.3 Å². The second-order valence-electron chi connectivity index (χ2n) is 5.64. The Morgan fingerprint density at radius 2 is 1.83 bits per heavy atom. The molecule has 0 fully saturated rings. The van der Waals surface area contributed by atoms with E-state index in [-0.39, 0.29) is 11.7 Å². The minimum absolute atomic E-state index is 0.230. The van der Waals surface area contributed by atoms with Gasteiger partial charge < -0.3 is 5.32 Å². The van der Waals surface area contributed by atoms with Crippen molar-refractivity contribution in [2.75, 3.05) is 0 Å². The highest BCUT2D eigenvalue weighted by Crippen LogP contribution is 2.20. The molecule has 3 aromatic rings. The number of pyridine rings is 1. The van der Waals surface area contributed by atoms with E-state index in [2.05, 4.69) is 10.3 Å². The first-order chi connectivity index (χ1) is 11.0. The largest absolute Gasteiger partial charge is 0.348 e. The van der Waals surface area contributed by atoms with Crippen molar-refractivity contribution in [3.8, 4) is 0 Å². The number of rotatable bonds is 3. The van der Waals surface area contributed by atoms with Gasteiger partial charge >= 0.3 is 0 Å². The molecule has 23 heavy (non-hydrogen) atoms. The van der Waals surface area contributed by atoms with Gasteiger partial charge in [-0.25, -0.2) is 4.39 Å². The Morgan fingerprint density at radius 1 is 1.09 bits per heavy atom. The molecule has 0 radical (unpaired) electrons. The number of fused-ring (bicyclic) bond motifs is 1. The molecule has 0 aliphatic heterocycles. The van der Waals surface area contributed by atoms with E-state index in [9.17, 15) is 9.18 Å². The fraction of sp³-hybridized carbons (Fsp3) is 0.158. The van der Waals surface area contributed by atoms with E-state index in [4.69, 9.17) is 0 Å². The molecule has 0 spiro atoms. The van der Waals surface area contributed by atoms with Crippen LogP contribution >= 0.6 is 0 Å². The fourth-order valence-corrected chi connectivity index (χ4v) is 2.50. The van der Waals surface area contributed by atoms with Gasteiger partial charge in [-0.3, -0.25) is 9.78 Å². The van der Waals surface area contributed by atoms with E-state index >= 15 is 0 Å². The fourth-order valence-electron chi connectivity index (χ4n) is 2.50. The van der Waals surface area contributed by atoms with Gasteiger partial charge in [0, 0.05) is 17.6 Å². The van der Waals surface area contributed by atoms with Crippen molar-refractivity contribution in [1.29, 1.82) is 0 Å². The second kappa shape index (κ2) is 6.16. The molecular formula is C19H17FN2O. The maximum Gasteiger partial charge on any atom is 0.252 e. The lowest BCUT2D eigenvalue weighted by Gasteiger charge is -2.09. The van der Waals surface area contributed by atoms with E-state index < -0.39 is 0 Å². The Kier molecular flexibility index (Phi) is 4.06. The molecule has 1 N–H and O–H groups in total. The van der Waals surface area contributed by atoms with Gasteiger partial charge in [0.2, 0.25) is 0 Å². The van der Waals surface area contributed by atoms with Gasteiger partial charge in [-0.05, 0) is 43.7 Å². The smallest absolute Gasteiger partial charge is 0.252 e. The normalized spacial score (nSPS) is 10.7. The Morgan fingerprint density at radius 3 is 2.57 bits per heavy atom. The Labute approximate surface area is 134 Å². The van der Waals surface area contributed by atoms with Crippen molar-refractivity contribution in [2.45, 2.75) is 20.4 Å². The summed E-state index contributed by atoms with van der Waals surface area (Å²) < 4.78 is 13.5. The van der Waals surface area contributed by atoms with Gasteiger partial charge in [-0.2, -0.15) is 0 Å². The van der Waals surface area contributed by atoms with E-state index in [1.54, 1.807) is 12.1 Å².